The molecule has 0 aromatic heterocycles. The molecule has 0 aliphatic carbocycles. The molecule has 1 rings (SSSR count). The zero-order valence-corrected chi connectivity index (χ0v) is 12.0. The molecule has 4 nitrogen and oxygen atoms in total. The minimum Gasteiger partial charge on any atom is -0.497 e. The number of halogens is 1. The Labute approximate surface area is 118 Å². The fourth-order valence-electron chi connectivity index (χ4n) is 1.71. The van der Waals surface area contributed by atoms with Crippen molar-refractivity contribution in [3.8, 4) is 5.75 Å². The van der Waals surface area contributed by atoms with Crippen LogP contribution in [0.15, 0.2) is 24.3 Å². The van der Waals surface area contributed by atoms with Crippen molar-refractivity contribution in [3.05, 3.63) is 29.8 Å². The number of methoxy groups -OCH3 is 1. The average molecular weight is 286 g/mol. The SMILES string of the molecule is COc1cccc(C(C)(O)CCNCC(=O)CCl)c1. The Bertz CT molecular complexity index is 421. The normalized spacial score (nSPS) is 13.9. The van der Waals surface area contributed by atoms with Gasteiger partial charge in [0.2, 0.25) is 0 Å². The molecule has 5 heteroatoms. The third kappa shape index (κ3) is 5.19. The second kappa shape index (κ2) is 7.48. The predicted molar refractivity (Wildman–Crippen MR) is 75.8 cm³/mol. The van der Waals surface area contributed by atoms with Gasteiger partial charge in [0.1, 0.15) is 5.75 Å². The van der Waals surface area contributed by atoms with Crippen molar-refractivity contribution >= 4 is 17.4 Å². The van der Waals surface area contributed by atoms with Crippen molar-refractivity contribution in [1.29, 1.82) is 0 Å². The standard InChI is InChI=1S/C14H20ClNO3/c1-14(18,6-7-16-10-12(17)9-15)11-4-3-5-13(8-11)19-2/h3-5,8,16,18H,6-7,9-10H2,1-2H3. The molecular formula is C14H20ClNO3. The number of hydrogen-bond donors (Lipinski definition) is 2. The van der Waals surface area contributed by atoms with E-state index in [0.29, 0.717) is 18.7 Å². The highest BCUT2D eigenvalue weighted by Gasteiger charge is 2.22. The summed E-state index contributed by atoms with van der Waals surface area (Å²) in [6, 6.07) is 7.33. The number of aliphatic hydroxyl groups is 1. The lowest BCUT2D eigenvalue weighted by molar-refractivity contribution is -0.116. The second-order valence-electron chi connectivity index (χ2n) is 4.60. The van der Waals surface area contributed by atoms with Gasteiger partial charge >= 0.3 is 0 Å². The van der Waals surface area contributed by atoms with Crippen LogP contribution in [0.4, 0.5) is 0 Å². The number of alkyl halides is 1. The Morgan fingerprint density at radius 1 is 1.53 bits per heavy atom. The summed E-state index contributed by atoms with van der Waals surface area (Å²) in [6.45, 7) is 2.51. The van der Waals surface area contributed by atoms with Gasteiger partial charge < -0.3 is 15.2 Å². The van der Waals surface area contributed by atoms with Crippen LogP contribution in [-0.4, -0.2) is 37.0 Å². The monoisotopic (exact) mass is 285 g/mol. The summed E-state index contributed by atoms with van der Waals surface area (Å²) in [5.74, 6) is 0.671. The number of Topliss-reactive ketones (excluding diaryl/α,β-unsaturated/α-hetero) is 1. The first kappa shape index (κ1) is 16.0. The lowest BCUT2D eigenvalue weighted by atomic mass is 9.92. The summed E-state index contributed by atoms with van der Waals surface area (Å²) in [6.07, 6.45) is 0.496. The highest BCUT2D eigenvalue weighted by molar-refractivity contribution is 6.27. The molecule has 0 bridgehead atoms. The minimum atomic E-state index is -0.967. The lowest BCUT2D eigenvalue weighted by Crippen LogP contribution is -2.31. The topological polar surface area (TPSA) is 58.6 Å². The summed E-state index contributed by atoms with van der Waals surface area (Å²) in [5, 5.41) is 13.4. The summed E-state index contributed by atoms with van der Waals surface area (Å²) in [4.78, 5) is 11.0. The van der Waals surface area contributed by atoms with Crippen molar-refractivity contribution in [2.75, 3.05) is 26.1 Å². The van der Waals surface area contributed by atoms with Crippen LogP contribution >= 0.6 is 11.6 Å². The van der Waals surface area contributed by atoms with Gasteiger partial charge in [-0.1, -0.05) is 12.1 Å². The first-order valence-electron chi connectivity index (χ1n) is 6.15. The van der Waals surface area contributed by atoms with Crippen LogP contribution in [0.5, 0.6) is 5.75 Å². The molecule has 1 aromatic rings. The van der Waals surface area contributed by atoms with E-state index in [9.17, 15) is 9.90 Å². The van der Waals surface area contributed by atoms with E-state index < -0.39 is 5.60 Å². The van der Waals surface area contributed by atoms with Crippen LogP contribution in [0.3, 0.4) is 0 Å². The molecule has 0 aliphatic heterocycles. The molecule has 1 atom stereocenters. The van der Waals surface area contributed by atoms with Crippen LogP contribution in [0.25, 0.3) is 0 Å². The van der Waals surface area contributed by atoms with Crippen molar-refractivity contribution in [2.24, 2.45) is 0 Å². The highest BCUT2D eigenvalue weighted by Crippen LogP contribution is 2.26. The van der Waals surface area contributed by atoms with E-state index in [1.807, 2.05) is 24.3 Å². The first-order valence-corrected chi connectivity index (χ1v) is 6.68. The van der Waals surface area contributed by atoms with Gasteiger partial charge in [-0.05, 0) is 37.6 Å². The smallest absolute Gasteiger partial charge is 0.161 e. The van der Waals surface area contributed by atoms with Gasteiger partial charge in [0.05, 0.1) is 25.1 Å². The molecule has 0 fully saturated rings. The molecule has 0 amide bonds. The maximum Gasteiger partial charge on any atom is 0.161 e. The van der Waals surface area contributed by atoms with Crippen LogP contribution in [0.1, 0.15) is 18.9 Å². The van der Waals surface area contributed by atoms with Gasteiger partial charge in [0, 0.05) is 0 Å². The molecule has 1 unspecified atom stereocenters. The molecule has 0 radical (unpaired) electrons. The van der Waals surface area contributed by atoms with E-state index in [1.165, 1.54) is 0 Å². The molecule has 0 aliphatic rings. The number of ketones is 1. The largest absolute Gasteiger partial charge is 0.497 e. The fourth-order valence-corrected chi connectivity index (χ4v) is 1.80. The zero-order chi connectivity index (χ0) is 14.3. The number of carbonyl (C=O) groups is 1. The molecular weight excluding hydrogens is 266 g/mol. The van der Waals surface area contributed by atoms with Gasteiger partial charge in [-0.2, -0.15) is 0 Å². The van der Waals surface area contributed by atoms with E-state index in [2.05, 4.69) is 5.32 Å². The molecule has 0 heterocycles. The summed E-state index contributed by atoms with van der Waals surface area (Å²) in [7, 11) is 1.59. The van der Waals surface area contributed by atoms with Crippen LogP contribution in [0, 0.1) is 0 Å². The van der Waals surface area contributed by atoms with Crippen molar-refractivity contribution < 1.29 is 14.6 Å². The quantitative estimate of drug-likeness (QED) is 0.564. The van der Waals surface area contributed by atoms with E-state index in [4.69, 9.17) is 16.3 Å². The van der Waals surface area contributed by atoms with Crippen LogP contribution < -0.4 is 10.1 Å². The third-order valence-electron chi connectivity index (χ3n) is 2.95. The van der Waals surface area contributed by atoms with Gasteiger partial charge in [-0.25, -0.2) is 0 Å². The van der Waals surface area contributed by atoms with Crippen LogP contribution in [-0.2, 0) is 10.4 Å². The number of carbonyl (C=O) groups excluding carboxylic acids is 1. The Balaban J connectivity index is 2.52. The predicted octanol–water partition coefficient (Wildman–Crippen LogP) is 1.69. The number of ether oxygens (including phenoxy) is 1. The molecule has 0 saturated carbocycles. The number of nitrogens with one attached hydrogen (secondary N) is 1. The molecule has 2 N–H and O–H groups in total. The molecule has 0 saturated heterocycles. The number of hydrogen-bond acceptors (Lipinski definition) is 4. The number of rotatable bonds is 8. The van der Waals surface area contributed by atoms with Gasteiger partial charge in [0.15, 0.2) is 5.78 Å². The Hall–Kier alpha value is -1.10. The molecule has 106 valence electrons. The zero-order valence-electron chi connectivity index (χ0n) is 11.3. The van der Waals surface area contributed by atoms with Gasteiger partial charge in [0.25, 0.3) is 0 Å². The average Bonchev–Trinajstić information content (AvgIpc) is 2.43. The second-order valence-corrected chi connectivity index (χ2v) is 4.87. The fraction of sp³-hybridized carbons (Fsp3) is 0.500. The first-order chi connectivity index (χ1) is 8.99. The van der Waals surface area contributed by atoms with Gasteiger partial charge in [-0.15, -0.1) is 11.6 Å². The van der Waals surface area contributed by atoms with Crippen molar-refractivity contribution in [2.45, 2.75) is 18.9 Å². The van der Waals surface area contributed by atoms with Crippen LogP contribution in [0.2, 0.25) is 0 Å². The molecule has 0 spiro atoms. The minimum absolute atomic E-state index is 0.0132. The van der Waals surface area contributed by atoms with E-state index in [-0.39, 0.29) is 18.2 Å². The van der Waals surface area contributed by atoms with Crippen molar-refractivity contribution in [1.82, 2.24) is 5.32 Å². The maximum absolute atomic E-state index is 11.0. The van der Waals surface area contributed by atoms with E-state index >= 15 is 0 Å². The lowest BCUT2D eigenvalue weighted by Gasteiger charge is -2.24. The maximum atomic E-state index is 11.0. The molecule has 19 heavy (non-hydrogen) atoms. The summed E-state index contributed by atoms with van der Waals surface area (Å²) >= 11 is 5.40. The van der Waals surface area contributed by atoms with Crippen molar-refractivity contribution in [3.63, 3.8) is 0 Å². The third-order valence-corrected chi connectivity index (χ3v) is 3.25. The van der Waals surface area contributed by atoms with E-state index in [1.54, 1.807) is 14.0 Å². The Morgan fingerprint density at radius 3 is 2.89 bits per heavy atom. The van der Waals surface area contributed by atoms with E-state index in [0.717, 1.165) is 5.56 Å². The number of benzene rings is 1. The highest BCUT2D eigenvalue weighted by atomic mass is 35.5. The Kier molecular flexibility index (Phi) is 6.28. The van der Waals surface area contributed by atoms with Gasteiger partial charge in [-0.3, -0.25) is 4.79 Å². The summed E-state index contributed by atoms with van der Waals surface area (Å²) in [5.41, 5.74) is -0.178. The Morgan fingerprint density at radius 2 is 2.26 bits per heavy atom. The molecule has 1 aromatic carbocycles. The summed E-state index contributed by atoms with van der Waals surface area (Å²) < 4.78 is 5.14.